The molecule has 29 heavy (non-hydrogen) atoms. The Morgan fingerprint density at radius 3 is 2.48 bits per heavy atom. The van der Waals surface area contributed by atoms with Crippen molar-refractivity contribution in [2.24, 2.45) is 0 Å². The molecule has 0 aromatic heterocycles. The highest BCUT2D eigenvalue weighted by atomic mass is 16.5. The summed E-state index contributed by atoms with van der Waals surface area (Å²) in [4.78, 5) is 25.6. The zero-order valence-electron chi connectivity index (χ0n) is 16.5. The molecule has 0 saturated heterocycles. The molecule has 0 atom stereocenters. The lowest BCUT2D eigenvalue weighted by molar-refractivity contribution is 0.0600. The monoisotopic (exact) mass is 387 g/mol. The first kappa shape index (κ1) is 18.7. The van der Waals surface area contributed by atoms with Crippen molar-refractivity contribution in [3.05, 3.63) is 88.0 Å². The van der Waals surface area contributed by atoms with Crippen molar-refractivity contribution < 1.29 is 9.53 Å². The number of aromatic nitrogens is 3. The molecule has 0 saturated carbocycles. The van der Waals surface area contributed by atoms with E-state index in [0.717, 1.165) is 17.7 Å². The smallest absolute Gasteiger partial charge is 0.341 e. The van der Waals surface area contributed by atoms with Crippen molar-refractivity contribution in [2.75, 3.05) is 7.11 Å². The van der Waals surface area contributed by atoms with Crippen LogP contribution in [0.15, 0.2) is 65.7 Å². The van der Waals surface area contributed by atoms with Gasteiger partial charge in [0.2, 0.25) is 0 Å². The van der Waals surface area contributed by atoms with E-state index < -0.39 is 5.97 Å². The summed E-state index contributed by atoms with van der Waals surface area (Å²) in [6, 6.07) is 15.5. The van der Waals surface area contributed by atoms with Gasteiger partial charge in [-0.3, -0.25) is 4.79 Å². The zero-order valence-corrected chi connectivity index (χ0v) is 16.5. The topological polar surface area (TPSA) is 66.1 Å². The third-order valence-electron chi connectivity index (χ3n) is 4.96. The third kappa shape index (κ3) is 3.33. The van der Waals surface area contributed by atoms with Gasteiger partial charge in [-0.1, -0.05) is 31.2 Å². The summed E-state index contributed by atoms with van der Waals surface area (Å²) in [7, 11) is 1.32. The molecule has 2 aromatic carbocycles. The van der Waals surface area contributed by atoms with Crippen LogP contribution in [0.3, 0.4) is 0 Å². The van der Waals surface area contributed by atoms with Gasteiger partial charge in [0.15, 0.2) is 0 Å². The number of fused-ring (bicyclic) bond motifs is 1. The molecule has 146 valence electrons. The molecule has 0 amide bonds. The highest BCUT2D eigenvalue weighted by Gasteiger charge is 2.25. The van der Waals surface area contributed by atoms with Crippen LogP contribution in [0.4, 0.5) is 0 Å². The number of pyridine rings is 1. The molecule has 6 nitrogen and oxygen atoms in total. The Bertz CT molecular complexity index is 1220. The molecule has 4 rings (SSSR count). The quantitative estimate of drug-likeness (QED) is 0.500. The van der Waals surface area contributed by atoms with Gasteiger partial charge in [-0.05, 0) is 48.7 Å². The maximum atomic E-state index is 13.1. The van der Waals surface area contributed by atoms with Gasteiger partial charge < -0.3 is 9.30 Å². The number of aryl methyl sites for hydroxylation is 2. The Hall–Kier alpha value is -3.67. The van der Waals surface area contributed by atoms with Gasteiger partial charge in [-0.2, -0.15) is 9.78 Å². The van der Waals surface area contributed by atoms with Gasteiger partial charge >= 0.3 is 5.97 Å². The zero-order chi connectivity index (χ0) is 20.5. The molecular weight excluding hydrogens is 366 g/mol. The number of nitrogens with zero attached hydrogens (tertiary/aromatic N) is 3. The van der Waals surface area contributed by atoms with E-state index >= 15 is 0 Å². The summed E-state index contributed by atoms with van der Waals surface area (Å²) in [5.41, 5.74) is 4.36. The number of esters is 1. The Morgan fingerprint density at radius 2 is 1.83 bits per heavy atom. The normalized spacial score (nSPS) is 11.0. The fraction of sp³-hybridized carbons (Fsp3) is 0.174. The number of hydrogen-bond acceptors (Lipinski definition) is 4. The van der Waals surface area contributed by atoms with Crippen molar-refractivity contribution in [3.63, 3.8) is 0 Å². The van der Waals surface area contributed by atoms with Crippen LogP contribution in [-0.4, -0.2) is 27.4 Å². The molecular formula is C23H21N3O3. The molecule has 0 radical (unpaired) electrons. The third-order valence-corrected chi connectivity index (χ3v) is 4.96. The van der Waals surface area contributed by atoms with E-state index in [1.165, 1.54) is 17.4 Å². The highest BCUT2D eigenvalue weighted by molar-refractivity contribution is 5.96. The number of benzene rings is 2. The van der Waals surface area contributed by atoms with Crippen molar-refractivity contribution in [3.8, 4) is 22.6 Å². The first-order valence-electron chi connectivity index (χ1n) is 9.41. The van der Waals surface area contributed by atoms with Crippen LogP contribution in [-0.2, 0) is 11.2 Å². The number of ether oxygens (including phenoxy) is 1. The molecule has 0 spiro atoms. The molecule has 2 aliphatic heterocycles. The molecule has 2 heterocycles. The van der Waals surface area contributed by atoms with E-state index in [-0.39, 0.29) is 11.1 Å². The van der Waals surface area contributed by atoms with Crippen LogP contribution >= 0.6 is 0 Å². The van der Waals surface area contributed by atoms with Crippen LogP contribution in [0, 0.1) is 6.92 Å². The second-order valence-corrected chi connectivity index (χ2v) is 6.91. The van der Waals surface area contributed by atoms with Crippen molar-refractivity contribution in [1.29, 1.82) is 0 Å². The molecule has 0 aliphatic carbocycles. The van der Waals surface area contributed by atoms with Crippen LogP contribution < -0.4 is 5.56 Å². The second kappa shape index (κ2) is 7.39. The summed E-state index contributed by atoms with van der Waals surface area (Å²) in [5, 5.41) is 4.44. The number of rotatable bonds is 4. The van der Waals surface area contributed by atoms with E-state index in [0.29, 0.717) is 16.9 Å². The van der Waals surface area contributed by atoms with Crippen molar-refractivity contribution in [2.45, 2.75) is 20.3 Å². The van der Waals surface area contributed by atoms with Crippen LogP contribution in [0.1, 0.15) is 28.4 Å². The maximum Gasteiger partial charge on any atom is 0.341 e. The van der Waals surface area contributed by atoms with E-state index in [1.807, 2.05) is 55.5 Å². The molecule has 0 bridgehead atoms. The molecule has 0 N–H and O–H groups in total. The summed E-state index contributed by atoms with van der Waals surface area (Å²) >= 11 is 0. The summed E-state index contributed by atoms with van der Waals surface area (Å²) in [5.74, 6) is -0.538. The molecule has 2 aromatic rings. The number of hydrogen-bond donors (Lipinski definition) is 0. The Labute approximate surface area is 168 Å². The van der Waals surface area contributed by atoms with E-state index in [1.54, 1.807) is 17.0 Å². The van der Waals surface area contributed by atoms with Gasteiger partial charge in [0.05, 0.1) is 18.4 Å². The second-order valence-electron chi connectivity index (χ2n) is 6.91. The molecule has 0 unspecified atom stereocenters. The fourth-order valence-corrected chi connectivity index (χ4v) is 3.35. The minimum absolute atomic E-state index is 0.244. The van der Waals surface area contributed by atoms with Crippen LogP contribution in [0.5, 0.6) is 0 Å². The van der Waals surface area contributed by atoms with Crippen LogP contribution in [0.25, 0.3) is 22.6 Å². The summed E-state index contributed by atoms with van der Waals surface area (Å²) in [6.45, 7) is 4.04. The molecule has 0 fully saturated rings. The largest absolute Gasteiger partial charge is 0.465 e. The standard InChI is InChI=1S/C23H21N3O3/c1-4-16-8-10-17(11-9-16)25-13-19-21(20(14-25)23(28)29-3)24-26(22(19)27)18-7-5-6-15(2)12-18/h5-14H,4H2,1-3H3. The lowest BCUT2D eigenvalue weighted by Gasteiger charge is -2.12. The summed E-state index contributed by atoms with van der Waals surface area (Å²) in [6.07, 6.45) is 4.30. The number of carbonyl (C=O) groups excluding carboxylic acids is 1. The predicted molar refractivity (Wildman–Crippen MR) is 111 cm³/mol. The lowest BCUT2D eigenvalue weighted by Crippen LogP contribution is -2.15. The fourth-order valence-electron chi connectivity index (χ4n) is 3.35. The Balaban J connectivity index is 1.96. The first-order valence-corrected chi connectivity index (χ1v) is 9.41. The molecule has 6 heteroatoms. The van der Waals surface area contributed by atoms with Gasteiger partial charge in [0.25, 0.3) is 5.56 Å². The van der Waals surface area contributed by atoms with Crippen LogP contribution in [0.2, 0.25) is 0 Å². The predicted octanol–water partition coefficient (Wildman–Crippen LogP) is 3.79. The Kier molecular flexibility index (Phi) is 4.76. The number of carbonyl (C=O) groups is 1. The van der Waals surface area contributed by atoms with Crippen molar-refractivity contribution >= 4 is 5.97 Å². The average molecular weight is 387 g/mol. The SMILES string of the molecule is CCc1ccc(-n2cc(C(=O)OC)c3nn(-c4cccc(C)c4)c(=O)c-3c2)cc1. The Morgan fingerprint density at radius 1 is 1.07 bits per heavy atom. The van der Waals surface area contributed by atoms with Crippen molar-refractivity contribution in [1.82, 2.24) is 14.3 Å². The van der Waals surface area contributed by atoms with Gasteiger partial charge in [0.1, 0.15) is 11.3 Å². The maximum absolute atomic E-state index is 13.1. The first-order chi connectivity index (χ1) is 14.0. The van der Waals surface area contributed by atoms with Gasteiger partial charge in [0, 0.05) is 18.1 Å². The van der Waals surface area contributed by atoms with Gasteiger partial charge in [-0.15, -0.1) is 0 Å². The minimum atomic E-state index is -0.538. The number of methoxy groups -OCH3 is 1. The van der Waals surface area contributed by atoms with Gasteiger partial charge in [-0.25, -0.2) is 4.79 Å². The average Bonchev–Trinajstić information content (AvgIpc) is 3.09. The minimum Gasteiger partial charge on any atom is -0.465 e. The lowest BCUT2D eigenvalue weighted by atomic mass is 10.1. The van der Waals surface area contributed by atoms with E-state index in [4.69, 9.17) is 4.74 Å². The van der Waals surface area contributed by atoms with E-state index in [9.17, 15) is 9.59 Å². The highest BCUT2D eigenvalue weighted by Crippen LogP contribution is 2.25. The van der Waals surface area contributed by atoms with E-state index in [2.05, 4.69) is 12.0 Å². The molecule has 2 aliphatic rings. The summed E-state index contributed by atoms with van der Waals surface area (Å²) < 4.78 is 8.03.